The van der Waals surface area contributed by atoms with Gasteiger partial charge >= 0.3 is 0 Å². The van der Waals surface area contributed by atoms with E-state index in [2.05, 4.69) is 68.4 Å². The van der Waals surface area contributed by atoms with Crippen LogP contribution < -0.4 is 4.74 Å². The summed E-state index contributed by atoms with van der Waals surface area (Å²) < 4.78 is 5.42. The van der Waals surface area contributed by atoms with Gasteiger partial charge in [0.25, 0.3) is 0 Å². The van der Waals surface area contributed by atoms with Crippen LogP contribution >= 0.6 is 0 Å². The van der Waals surface area contributed by atoms with Crippen molar-refractivity contribution in [2.45, 2.75) is 57.8 Å². The Morgan fingerprint density at radius 2 is 1.52 bits per heavy atom. The third-order valence-electron chi connectivity index (χ3n) is 6.34. The van der Waals surface area contributed by atoms with Crippen LogP contribution in [0.2, 0.25) is 0 Å². The lowest BCUT2D eigenvalue weighted by molar-refractivity contribution is 0.128. The number of rotatable bonds is 6. The van der Waals surface area contributed by atoms with E-state index in [0.717, 1.165) is 5.75 Å². The second-order valence-corrected chi connectivity index (χ2v) is 7.49. The van der Waals surface area contributed by atoms with Crippen molar-refractivity contribution < 1.29 is 4.74 Å². The number of hydrogen-bond donors (Lipinski definition) is 0. The molecule has 0 heterocycles. The van der Waals surface area contributed by atoms with Gasteiger partial charge in [-0.05, 0) is 54.4 Å². The molecule has 1 aliphatic carbocycles. The molecule has 1 saturated carbocycles. The van der Waals surface area contributed by atoms with Crippen molar-refractivity contribution in [3.05, 3.63) is 65.7 Å². The van der Waals surface area contributed by atoms with Crippen LogP contribution in [0.1, 0.15) is 63.5 Å². The van der Waals surface area contributed by atoms with Crippen molar-refractivity contribution in [3.63, 3.8) is 0 Å². The maximum absolute atomic E-state index is 5.42. The lowest BCUT2D eigenvalue weighted by Gasteiger charge is -2.51. The zero-order chi connectivity index (χ0) is 17.7. The van der Waals surface area contributed by atoms with E-state index >= 15 is 0 Å². The Labute approximate surface area is 153 Å². The summed E-state index contributed by atoms with van der Waals surface area (Å²) in [5.74, 6) is 2.36. The first kappa shape index (κ1) is 18.0. The van der Waals surface area contributed by atoms with Gasteiger partial charge in [0, 0.05) is 5.41 Å². The molecule has 25 heavy (non-hydrogen) atoms. The fourth-order valence-corrected chi connectivity index (χ4v) is 5.34. The lowest BCUT2D eigenvalue weighted by Crippen LogP contribution is -2.46. The molecule has 0 aliphatic heterocycles. The van der Waals surface area contributed by atoms with E-state index in [0.29, 0.717) is 11.8 Å². The van der Waals surface area contributed by atoms with Gasteiger partial charge in [0.2, 0.25) is 0 Å². The number of methoxy groups -OCH3 is 1. The molecule has 1 heteroatoms. The van der Waals surface area contributed by atoms with E-state index in [9.17, 15) is 0 Å². The molecular weight excluding hydrogens is 304 g/mol. The summed E-state index contributed by atoms with van der Waals surface area (Å²) in [6.07, 6.45) is 7.83. The average Bonchev–Trinajstić information content (AvgIpc) is 2.69. The molecule has 0 amide bonds. The zero-order valence-corrected chi connectivity index (χ0v) is 16.0. The average molecular weight is 337 g/mol. The molecule has 0 saturated heterocycles. The van der Waals surface area contributed by atoms with Gasteiger partial charge < -0.3 is 4.74 Å². The highest BCUT2D eigenvalue weighted by atomic mass is 16.5. The van der Waals surface area contributed by atoms with Crippen molar-refractivity contribution in [3.8, 4) is 5.75 Å². The molecule has 1 aliphatic rings. The summed E-state index contributed by atoms with van der Waals surface area (Å²) >= 11 is 0. The maximum atomic E-state index is 5.42. The molecule has 0 N–H and O–H groups in total. The van der Waals surface area contributed by atoms with Gasteiger partial charge in [0.1, 0.15) is 5.75 Å². The van der Waals surface area contributed by atoms with Crippen LogP contribution in [-0.2, 0) is 5.41 Å². The molecule has 2 aromatic carbocycles. The predicted molar refractivity (Wildman–Crippen MR) is 106 cm³/mol. The maximum Gasteiger partial charge on any atom is 0.118 e. The fourth-order valence-electron chi connectivity index (χ4n) is 5.34. The molecule has 2 aromatic rings. The number of benzene rings is 2. The van der Waals surface area contributed by atoms with Gasteiger partial charge in [-0.15, -0.1) is 0 Å². The standard InChI is InChI=1S/C24H32O/c1-4-10-20-14-9-13-19(5-2)24(20,21-11-7-6-8-12-21)22-15-17-23(25-3)18-16-22/h6-8,11-12,15-20H,4-5,9-10,13-14H2,1-3H3. The zero-order valence-electron chi connectivity index (χ0n) is 16.0. The van der Waals surface area contributed by atoms with Crippen molar-refractivity contribution in [2.75, 3.05) is 7.11 Å². The second-order valence-electron chi connectivity index (χ2n) is 7.49. The molecule has 0 bridgehead atoms. The Morgan fingerprint density at radius 3 is 2.12 bits per heavy atom. The fraction of sp³-hybridized carbons (Fsp3) is 0.500. The van der Waals surface area contributed by atoms with Gasteiger partial charge in [-0.2, -0.15) is 0 Å². The molecule has 0 spiro atoms. The molecule has 1 nitrogen and oxygen atoms in total. The minimum Gasteiger partial charge on any atom is -0.497 e. The molecule has 1 fully saturated rings. The molecule has 3 unspecified atom stereocenters. The normalized spacial score (nSPS) is 26.4. The first-order chi connectivity index (χ1) is 12.3. The summed E-state index contributed by atoms with van der Waals surface area (Å²) in [5, 5.41) is 0. The van der Waals surface area contributed by atoms with Gasteiger partial charge in [-0.25, -0.2) is 0 Å². The van der Waals surface area contributed by atoms with Crippen LogP contribution in [0.3, 0.4) is 0 Å². The van der Waals surface area contributed by atoms with E-state index in [4.69, 9.17) is 4.74 Å². The first-order valence-corrected chi connectivity index (χ1v) is 9.97. The third kappa shape index (κ3) is 3.21. The quantitative estimate of drug-likeness (QED) is 0.577. The first-order valence-electron chi connectivity index (χ1n) is 9.97. The van der Waals surface area contributed by atoms with Crippen LogP contribution in [0, 0.1) is 11.8 Å². The Morgan fingerprint density at radius 1 is 0.880 bits per heavy atom. The van der Waals surface area contributed by atoms with Gasteiger partial charge in [-0.1, -0.05) is 75.6 Å². The third-order valence-corrected chi connectivity index (χ3v) is 6.34. The van der Waals surface area contributed by atoms with E-state index in [-0.39, 0.29) is 5.41 Å². The van der Waals surface area contributed by atoms with Crippen LogP contribution in [0.5, 0.6) is 5.75 Å². The van der Waals surface area contributed by atoms with E-state index < -0.39 is 0 Å². The van der Waals surface area contributed by atoms with E-state index in [1.807, 2.05) is 0 Å². The molecule has 0 aromatic heterocycles. The number of hydrogen-bond acceptors (Lipinski definition) is 1. The van der Waals surface area contributed by atoms with Crippen molar-refractivity contribution >= 4 is 0 Å². The van der Waals surface area contributed by atoms with E-state index in [1.165, 1.54) is 49.7 Å². The van der Waals surface area contributed by atoms with E-state index in [1.54, 1.807) is 7.11 Å². The summed E-state index contributed by atoms with van der Waals surface area (Å²) in [4.78, 5) is 0. The summed E-state index contributed by atoms with van der Waals surface area (Å²) in [6.45, 7) is 4.71. The topological polar surface area (TPSA) is 9.23 Å². The highest BCUT2D eigenvalue weighted by molar-refractivity contribution is 5.44. The summed E-state index contributed by atoms with van der Waals surface area (Å²) in [7, 11) is 1.75. The Bertz CT molecular complexity index is 644. The number of ether oxygens (including phenoxy) is 1. The monoisotopic (exact) mass is 336 g/mol. The largest absolute Gasteiger partial charge is 0.497 e. The Kier molecular flexibility index (Phi) is 5.83. The summed E-state index contributed by atoms with van der Waals surface area (Å²) in [5.41, 5.74) is 3.12. The highest BCUT2D eigenvalue weighted by Crippen LogP contribution is 2.54. The SMILES string of the molecule is CCCC1CCCC(CC)C1(c1ccccc1)c1ccc(OC)cc1. The minimum atomic E-state index is 0.135. The lowest BCUT2D eigenvalue weighted by atomic mass is 9.52. The van der Waals surface area contributed by atoms with Gasteiger partial charge in [0.15, 0.2) is 0 Å². The highest BCUT2D eigenvalue weighted by Gasteiger charge is 2.48. The Balaban J connectivity index is 2.21. The molecular formula is C24H32O. The molecule has 3 rings (SSSR count). The van der Waals surface area contributed by atoms with Crippen molar-refractivity contribution in [1.29, 1.82) is 0 Å². The Hall–Kier alpha value is -1.76. The predicted octanol–water partition coefficient (Wildman–Crippen LogP) is 6.61. The smallest absolute Gasteiger partial charge is 0.118 e. The van der Waals surface area contributed by atoms with Gasteiger partial charge in [0.05, 0.1) is 7.11 Å². The minimum absolute atomic E-state index is 0.135. The van der Waals surface area contributed by atoms with Crippen molar-refractivity contribution in [2.24, 2.45) is 11.8 Å². The van der Waals surface area contributed by atoms with Crippen LogP contribution in [0.25, 0.3) is 0 Å². The van der Waals surface area contributed by atoms with Gasteiger partial charge in [-0.3, -0.25) is 0 Å². The van der Waals surface area contributed by atoms with Crippen molar-refractivity contribution in [1.82, 2.24) is 0 Å². The summed E-state index contributed by atoms with van der Waals surface area (Å²) in [6, 6.07) is 20.2. The molecule has 3 atom stereocenters. The van der Waals surface area contributed by atoms with Crippen LogP contribution in [0.4, 0.5) is 0 Å². The second kappa shape index (κ2) is 8.08. The van der Waals surface area contributed by atoms with Crippen LogP contribution in [-0.4, -0.2) is 7.11 Å². The van der Waals surface area contributed by atoms with Crippen LogP contribution in [0.15, 0.2) is 54.6 Å². The molecule has 134 valence electrons. The molecule has 0 radical (unpaired) electrons.